The third kappa shape index (κ3) is 2.18. The Labute approximate surface area is 112 Å². The highest BCUT2D eigenvalue weighted by atomic mass is 32.1. The predicted molar refractivity (Wildman–Crippen MR) is 76.9 cm³/mol. The van der Waals surface area contributed by atoms with Gasteiger partial charge in [0.2, 0.25) is 5.95 Å². The van der Waals surface area contributed by atoms with Crippen LogP contribution in [-0.2, 0) is 6.54 Å². The van der Waals surface area contributed by atoms with Crippen molar-refractivity contribution >= 4 is 23.9 Å². The molecule has 1 aromatic carbocycles. The third-order valence-electron chi connectivity index (χ3n) is 3.02. The molecule has 0 aliphatic rings. The van der Waals surface area contributed by atoms with Crippen LogP contribution in [0.3, 0.4) is 0 Å². The van der Waals surface area contributed by atoms with E-state index in [1.807, 2.05) is 16.7 Å². The average Bonchev–Trinajstić information content (AvgIpc) is 2.74. The molecular formula is C13H18N4S. The number of benzene rings is 1. The molecule has 0 saturated heterocycles. The minimum atomic E-state index is 0.666. The van der Waals surface area contributed by atoms with Crippen molar-refractivity contribution in [2.45, 2.75) is 27.3 Å². The molecule has 2 aromatic rings. The maximum atomic E-state index is 5.24. The molecule has 0 aliphatic carbocycles. The second kappa shape index (κ2) is 5.35. The molecule has 2 rings (SSSR count). The number of hydrogen-bond acceptors (Lipinski definition) is 3. The van der Waals surface area contributed by atoms with Crippen molar-refractivity contribution in [3.63, 3.8) is 0 Å². The third-order valence-corrected chi connectivity index (χ3v) is 3.33. The van der Waals surface area contributed by atoms with Gasteiger partial charge in [0.15, 0.2) is 4.77 Å². The molecule has 0 spiro atoms. The summed E-state index contributed by atoms with van der Waals surface area (Å²) in [7, 11) is 0. The van der Waals surface area contributed by atoms with E-state index < -0.39 is 0 Å². The van der Waals surface area contributed by atoms with Crippen LogP contribution in [0.1, 0.15) is 19.4 Å². The summed E-state index contributed by atoms with van der Waals surface area (Å²) in [6.45, 7) is 7.96. The molecule has 0 fully saturated rings. The Balaban J connectivity index is 2.52. The van der Waals surface area contributed by atoms with Crippen molar-refractivity contribution in [2.24, 2.45) is 0 Å². The van der Waals surface area contributed by atoms with Gasteiger partial charge in [-0.15, -0.1) is 5.10 Å². The van der Waals surface area contributed by atoms with Gasteiger partial charge in [0.05, 0.1) is 0 Å². The van der Waals surface area contributed by atoms with Gasteiger partial charge < -0.3 is 4.90 Å². The molecule has 0 unspecified atom stereocenters. The van der Waals surface area contributed by atoms with Crippen LogP contribution in [0.15, 0.2) is 24.3 Å². The van der Waals surface area contributed by atoms with Crippen LogP contribution in [0, 0.1) is 11.7 Å². The molecule has 0 amide bonds. The van der Waals surface area contributed by atoms with Crippen LogP contribution >= 0.6 is 12.2 Å². The summed E-state index contributed by atoms with van der Waals surface area (Å²) >= 11 is 5.24. The van der Waals surface area contributed by atoms with E-state index in [1.165, 1.54) is 11.3 Å². The molecule has 5 heteroatoms. The maximum absolute atomic E-state index is 5.24. The fourth-order valence-electron chi connectivity index (χ4n) is 2.09. The largest absolute Gasteiger partial charge is 0.311 e. The monoisotopic (exact) mass is 262 g/mol. The van der Waals surface area contributed by atoms with Gasteiger partial charge in [-0.2, -0.15) is 0 Å². The zero-order chi connectivity index (χ0) is 13.1. The summed E-state index contributed by atoms with van der Waals surface area (Å²) in [4.78, 5) is 2.17. The van der Waals surface area contributed by atoms with E-state index in [0.717, 1.165) is 19.0 Å². The van der Waals surface area contributed by atoms with E-state index in [0.29, 0.717) is 4.77 Å². The fraction of sp³-hybridized carbons (Fsp3) is 0.385. The highest BCUT2D eigenvalue weighted by Crippen LogP contribution is 2.26. The molecule has 1 aromatic heterocycles. The zero-order valence-electron chi connectivity index (χ0n) is 11.0. The Hall–Kier alpha value is -1.62. The van der Waals surface area contributed by atoms with Crippen molar-refractivity contribution in [3.8, 4) is 0 Å². The Morgan fingerprint density at radius 2 is 2.06 bits per heavy atom. The van der Waals surface area contributed by atoms with Gasteiger partial charge in [-0.25, -0.2) is 5.10 Å². The first-order chi connectivity index (χ1) is 8.69. The van der Waals surface area contributed by atoms with Crippen LogP contribution in [-0.4, -0.2) is 21.3 Å². The molecule has 0 aliphatic heterocycles. The summed E-state index contributed by atoms with van der Waals surface area (Å²) in [5, 5.41) is 7.21. The van der Waals surface area contributed by atoms with Gasteiger partial charge in [-0.05, 0) is 44.6 Å². The Morgan fingerprint density at radius 1 is 1.33 bits per heavy atom. The molecule has 96 valence electrons. The minimum Gasteiger partial charge on any atom is -0.311 e. The molecule has 18 heavy (non-hydrogen) atoms. The van der Waals surface area contributed by atoms with E-state index in [-0.39, 0.29) is 0 Å². The quantitative estimate of drug-likeness (QED) is 0.858. The number of nitrogens with zero attached hydrogens (tertiary/aromatic N) is 3. The Bertz CT molecular complexity index is 585. The van der Waals surface area contributed by atoms with Gasteiger partial charge in [-0.3, -0.25) is 4.57 Å². The lowest BCUT2D eigenvalue weighted by Crippen LogP contribution is -2.21. The van der Waals surface area contributed by atoms with E-state index in [4.69, 9.17) is 12.2 Å². The summed E-state index contributed by atoms with van der Waals surface area (Å²) in [6, 6.07) is 8.30. The highest BCUT2D eigenvalue weighted by Gasteiger charge is 2.15. The SMILES string of the molecule is CCN(c1ccccc1C)c1n[nH]c(=S)n1CC. The average molecular weight is 262 g/mol. The van der Waals surface area contributed by atoms with E-state index >= 15 is 0 Å². The summed E-state index contributed by atoms with van der Waals surface area (Å²) in [6.07, 6.45) is 0. The number of hydrogen-bond donors (Lipinski definition) is 1. The second-order valence-electron chi connectivity index (χ2n) is 4.10. The maximum Gasteiger partial charge on any atom is 0.230 e. The number of para-hydroxylation sites is 1. The Morgan fingerprint density at radius 3 is 2.67 bits per heavy atom. The van der Waals surface area contributed by atoms with Gasteiger partial charge in [-0.1, -0.05) is 18.2 Å². The van der Waals surface area contributed by atoms with Crippen molar-refractivity contribution < 1.29 is 0 Å². The molecule has 1 N–H and O–H groups in total. The van der Waals surface area contributed by atoms with Crippen molar-refractivity contribution in [2.75, 3.05) is 11.4 Å². The van der Waals surface area contributed by atoms with Gasteiger partial charge in [0, 0.05) is 18.8 Å². The lowest BCUT2D eigenvalue weighted by molar-refractivity contribution is 0.732. The van der Waals surface area contributed by atoms with E-state index in [1.54, 1.807) is 0 Å². The molecular weight excluding hydrogens is 244 g/mol. The molecule has 0 bridgehead atoms. The van der Waals surface area contributed by atoms with Crippen LogP contribution in [0.2, 0.25) is 0 Å². The highest BCUT2D eigenvalue weighted by molar-refractivity contribution is 7.71. The van der Waals surface area contributed by atoms with Crippen molar-refractivity contribution in [1.82, 2.24) is 14.8 Å². The topological polar surface area (TPSA) is 36.9 Å². The smallest absolute Gasteiger partial charge is 0.230 e. The summed E-state index contributed by atoms with van der Waals surface area (Å²) in [5.41, 5.74) is 2.40. The zero-order valence-corrected chi connectivity index (χ0v) is 11.8. The van der Waals surface area contributed by atoms with Gasteiger partial charge in [0.1, 0.15) is 0 Å². The number of aromatic nitrogens is 3. The molecule has 0 saturated carbocycles. The summed E-state index contributed by atoms with van der Waals surface area (Å²) in [5.74, 6) is 0.874. The fourth-order valence-corrected chi connectivity index (χ4v) is 2.34. The number of aryl methyl sites for hydroxylation is 1. The number of aromatic amines is 1. The Kier molecular flexibility index (Phi) is 3.81. The minimum absolute atomic E-state index is 0.666. The second-order valence-corrected chi connectivity index (χ2v) is 4.49. The number of anilines is 2. The number of nitrogens with one attached hydrogen (secondary N) is 1. The van der Waals surface area contributed by atoms with Gasteiger partial charge in [0.25, 0.3) is 0 Å². The number of rotatable bonds is 4. The van der Waals surface area contributed by atoms with E-state index in [9.17, 15) is 0 Å². The molecule has 4 nitrogen and oxygen atoms in total. The van der Waals surface area contributed by atoms with E-state index in [2.05, 4.69) is 48.0 Å². The number of H-pyrrole nitrogens is 1. The molecule has 0 atom stereocenters. The van der Waals surface area contributed by atoms with Gasteiger partial charge >= 0.3 is 0 Å². The van der Waals surface area contributed by atoms with Crippen molar-refractivity contribution in [1.29, 1.82) is 0 Å². The normalized spacial score (nSPS) is 10.6. The van der Waals surface area contributed by atoms with Crippen LogP contribution in [0.4, 0.5) is 11.6 Å². The van der Waals surface area contributed by atoms with Crippen LogP contribution in [0.5, 0.6) is 0 Å². The summed E-state index contributed by atoms with van der Waals surface area (Å²) < 4.78 is 2.67. The van der Waals surface area contributed by atoms with Crippen molar-refractivity contribution in [3.05, 3.63) is 34.6 Å². The molecule has 1 heterocycles. The lowest BCUT2D eigenvalue weighted by Gasteiger charge is -2.23. The predicted octanol–water partition coefficient (Wildman–Crippen LogP) is 3.43. The molecule has 0 radical (unpaired) electrons. The first-order valence-electron chi connectivity index (χ1n) is 6.17. The first kappa shape index (κ1) is 12.8. The standard InChI is InChI=1S/C13H18N4S/c1-4-16(11-9-7-6-8-10(11)3)12-14-15-13(18)17(12)5-2/h6-9H,4-5H2,1-3H3,(H,15,18). The van der Waals surface area contributed by atoms with Crippen LogP contribution in [0.25, 0.3) is 0 Å². The van der Waals surface area contributed by atoms with Crippen LogP contribution < -0.4 is 4.90 Å². The first-order valence-corrected chi connectivity index (χ1v) is 6.58. The lowest BCUT2D eigenvalue weighted by atomic mass is 10.2.